The highest BCUT2D eigenvalue weighted by atomic mass is 32.2. The fraction of sp³-hybridized carbons (Fsp3) is 0.222. The van der Waals surface area contributed by atoms with Gasteiger partial charge in [-0.3, -0.25) is 13.9 Å². The molecule has 0 bridgehead atoms. The van der Waals surface area contributed by atoms with E-state index in [0.717, 1.165) is 11.1 Å². The summed E-state index contributed by atoms with van der Waals surface area (Å²) in [6.07, 6.45) is 0.529. The number of hydrogen-bond donors (Lipinski definition) is 2. The third-order valence-corrected chi connectivity index (χ3v) is 5.27. The quantitative estimate of drug-likeness (QED) is 0.634. The Morgan fingerprint density at radius 3 is 2.33 bits per heavy atom. The number of primary sulfonamides is 1. The summed E-state index contributed by atoms with van der Waals surface area (Å²) < 4.78 is 25.4. The first-order valence-electron chi connectivity index (χ1n) is 8.30. The molecular formula is C18H20N4O4S. The number of nitrogens with zero attached hydrogens (tertiary/aromatic N) is 2. The van der Waals surface area contributed by atoms with E-state index in [-0.39, 0.29) is 23.0 Å². The Kier molecular flexibility index (Phi) is 5.15. The number of hydrogen-bond acceptors (Lipinski definition) is 4. The van der Waals surface area contributed by atoms with Crippen molar-refractivity contribution in [1.29, 1.82) is 0 Å². The van der Waals surface area contributed by atoms with Crippen LogP contribution in [0.25, 0.3) is 11.0 Å². The second kappa shape index (κ2) is 7.37. The number of sulfonamides is 1. The molecule has 27 heavy (non-hydrogen) atoms. The Morgan fingerprint density at radius 1 is 1.07 bits per heavy atom. The third-order valence-electron chi connectivity index (χ3n) is 4.34. The van der Waals surface area contributed by atoms with E-state index in [1.54, 1.807) is 25.2 Å². The Hall–Kier alpha value is -2.91. The molecular weight excluding hydrogens is 368 g/mol. The average Bonchev–Trinajstić information content (AvgIpc) is 2.87. The molecule has 1 amide bonds. The zero-order valence-corrected chi connectivity index (χ0v) is 15.6. The summed E-state index contributed by atoms with van der Waals surface area (Å²) in [4.78, 5) is 24.6. The van der Waals surface area contributed by atoms with Crippen molar-refractivity contribution in [2.75, 3.05) is 6.54 Å². The highest BCUT2D eigenvalue weighted by molar-refractivity contribution is 7.89. The molecule has 8 nitrogen and oxygen atoms in total. The molecule has 142 valence electrons. The van der Waals surface area contributed by atoms with Gasteiger partial charge in [-0.15, -0.1) is 0 Å². The number of nitrogens with two attached hydrogens (primary N) is 1. The van der Waals surface area contributed by atoms with Gasteiger partial charge in [0.05, 0.1) is 15.9 Å². The molecule has 0 saturated carbocycles. The number of aromatic nitrogens is 2. The maximum atomic E-state index is 12.3. The Labute approximate surface area is 156 Å². The molecule has 2 aromatic carbocycles. The van der Waals surface area contributed by atoms with Gasteiger partial charge in [0, 0.05) is 13.6 Å². The summed E-state index contributed by atoms with van der Waals surface area (Å²) >= 11 is 0. The number of para-hydroxylation sites is 2. The molecule has 9 heteroatoms. The highest BCUT2D eigenvalue weighted by Crippen LogP contribution is 2.11. The van der Waals surface area contributed by atoms with E-state index >= 15 is 0 Å². The zero-order chi connectivity index (χ0) is 19.6. The van der Waals surface area contributed by atoms with Crippen molar-refractivity contribution < 1.29 is 13.2 Å². The fourth-order valence-corrected chi connectivity index (χ4v) is 3.42. The smallest absolute Gasteiger partial charge is 0.329 e. The van der Waals surface area contributed by atoms with Crippen molar-refractivity contribution in [3.05, 3.63) is 64.6 Å². The molecule has 0 fully saturated rings. The van der Waals surface area contributed by atoms with Gasteiger partial charge in [-0.25, -0.2) is 18.4 Å². The van der Waals surface area contributed by atoms with Gasteiger partial charge in [0.25, 0.3) is 0 Å². The van der Waals surface area contributed by atoms with Crippen LogP contribution in [-0.2, 0) is 34.8 Å². The summed E-state index contributed by atoms with van der Waals surface area (Å²) in [5.74, 6) is -0.269. The number of rotatable bonds is 6. The van der Waals surface area contributed by atoms with E-state index in [4.69, 9.17) is 5.14 Å². The van der Waals surface area contributed by atoms with Crippen LogP contribution >= 0.6 is 0 Å². The number of aryl methyl sites for hydroxylation is 1. The van der Waals surface area contributed by atoms with Gasteiger partial charge in [0.15, 0.2) is 0 Å². The van der Waals surface area contributed by atoms with Crippen LogP contribution in [0, 0.1) is 0 Å². The molecule has 1 heterocycles. The van der Waals surface area contributed by atoms with E-state index in [9.17, 15) is 18.0 Å². The molecule has 0 saturated heterocycles. The van der Waals surface area contributed by atoms with Crippen LogP contribution in [-0.4, -0.2) is 30.0 Å². The lowest BCUT2D eigenvalue weighted by Crippen LogP contribution is -2.33. The van der Waals surface area contributed by atoms with E-state index in [1.807, 2.05) is 18.2 Å². The Morgan fingerprint density at radius 2 is 1.70 bits per heavy atom. The van der Waals surface area contributed by atoms with E-state index in [0.29, 0.717) is 18.5 Å². The maximum Gasteiger partial charge on any atom is 0.329 e. The van der Waals surface area contributed by atoms with Gasteiger partial charge in [-0.05, 0) is 36.2 Å². The number of imidazole rings is 1. The molecule has 0 radical (unpaired) electrons. The molecule has 3 aromatic rings. The molecule has 3 rings (SSSR count). The predicted octanol–water partition coefficient (Wildman–Crippen LogP) is 0.346. The second-order valence-corrected chi connectivity index (χ2v) is 7.77. The fourth-order valence-electron chi connectivity index (χ4n) is 2.91. The molecule has 0 aliphatic carbocycles. The summed E-state index contributed by atoms with van der Waals surface area (Å²) in [5.41, 5.74) is 2.10. The van der Waals surface area contributed by atoms with Gasteiger partial charge in [-0.1, -0.05) is 24.3 Å². The lowest BCUT2D eigenvalue weighted by molar-refractivity contribution is -0.121. The summed E-state index contributed by atoms with van der Waals surface area (Å²) in [6, 6.07) is 13.5. The SMILES string of the molecule is Cn1c(=O)n(CC(=O)NCCc2ccc(S(N)(=O)=O)cc2)c2ccccc21. The van der Waals surface area contributed by atoms with Crippen molar-refractivity contribution in [3.63, 3.8) is 0 Å². The maximum absolute atomic E-state index is 12.3. The minimum absolute atomic E-state index is 0.0469. The van der Waals surface area contributed by atoms with Crippen LogP contribution in [0.5, 0.6) is 0 Å². The van der Waals surface area contributed by atoms with E-state index in [2.05, 4.69) is 5.32 Å². The van der Waals surface area contributed by atoms with Crippen molar-refractivity contribution in [1.82, 2.24) is 14.5 Å². The van der Waals surface area contributed by atoms with Crippen LogP contribution in [0.4, 0.5) is 0 Å². The van der Waals surface area contributed by atoms with Gasteiger partial charge >= 0.3 is 5.69 Å². The predicted molar refractivity (Wildman–Crippen MR) is 102 cm³/mol. The number of carbonyl (C=O) groups is 1. The van der Waals surface area contributed by atoms with E-state index in [1.165, 1.54) is 21.3 Å². The normalized spacial score (nSPS) is 11.6. The second-order valence-electron chi connectivity index (χ2n) is 6.21. The zero-order valence-electron chi connectivity index (χ0n) is 14.8. The molecule has 0 unspecified atom stereocenters. The first kappa shape index (κ1) is 18.9. The molecule has 0 spiro atoms. The number of amides is 1. The van der Waals surface area contributed by atoms with Crippen LogP contribution in [0.3, 0.4) is 0 Å². The highest BCUT2D eigenvalue weighted by Gasteiger charge is 2.13. The van der Waals surface area contributed by atoms with Gasteiger partial charge in [0.2, 0.25) is 15.9 Å². The summed E-state index contributed by atoms with van der Waals surface area (Å²) in [7, 11) is -2.04. The first-order valence-corrected chi connectivity index (χ1v) is 9.84. The van der Waals surface area contributed by atoms with Crippen LogP contribution in [0.2, 0.25) is 0 Å². The summed E-state index contributed by atoms with van der Waals surface area (Å²) in [5, 5.41) is 7.83. The monoisotopic (exact) mass is 388 g/mol. The van der Waals surface area contributed by atoms with Crippen LogP contribution in [0.15, 0.2) is 58.2 Å². The molecule has 1 aromatic heterocycles. The van der Waals surface area contributed by atoms with Crippen molar-refractivity contribution >= 4 is 27.0 Å². The average molecular weight is 388 g/mol. The molecule has 0 aliphatic heterocycles. The molecule has 0 aliphatic rings. The Balaban J connectivity index is 1.61. The largest absolute Gasteiger partial charge is 0.354 e. The van der Waals surface area contributed by atoms with Crippen molar-refractivity contribution in [3.8, 4) is 0 Å². The van der Waals surface area contributed by atoms with Gasteiger partial charge in [-0.2, -0.15) is 0 Å². The minimum Gasteiger partial charge on any atom is -0.354 e. The van der Waals surface area contributed by atoms with Crippen molar-refractivity contribution in [2.24, 2.45) is 12.2 Å². The number of fused-ring (bicyclic) bond motifs is 1. The minimum atomic E-state index is -3.71. The Bertz CT molecular complexity index is 1140. The van der Waals surface area contributed by atoms with Crippen LogP contribution in [0.1, 0.15) is 5.56 Å². The topological polar surface area (TPSA) is 116 Å². The number of benzene rings is 2. The van der Waals surface area contributed by atoms with Gasteiger partial charge in [0.1, 0.15) is 6.54 Å². The number of carbonyl (C=O) groups excluding carboxylic acids is 1. The summed E-state index contributed by atoms with van der Waals surface area (Å²) in [6.45, 7) is 0.303. The third kappa shape index (κ3) is 4.09. The molecule has 3 N–H and O–H groups in total. The van der Waals surface area contributed by atoms with E-state index < -0.39 is 10.0 Å². The van der Waals surface area contributed by atoms with Gasteiger partial charge < -0.3 is 5.32 Å². The lowest BCUT2D eigenvalue weighted by Gasteiger charge is -2.07. The van der Waals surface area contributed by atoms with Crippen LogP contribution < -0.4 is 16.1 Å². The standard InChI is InChI=1S/C18H20N4O4S/c1-21-15-4-2-3-5-16(15)22(18(21)24)12-17(23)20-11-10-13-6-8-14(9-7-13)27(19,25)26/h2-9H,10-12H2,1H3,(H,20,23)(H2,19,25,26). The number of nitrogens with one attached hydrogen (secondary N) is 1. The first-order chi connectivity index (χ1) is 12.8. The molecule has 0 atom stereocenters. The van der Waals surface area contributed by atoms with Crippen molar-refractivity contribution in [2.45, 2.75) is 17.9 Å². The lowest BCUT2D eigenvalue weighted by atomic mass is 10.1.